The van der Waals surface area contributed by atoms with Gasteiger partial charge in [0.1, 0.15) is 0 Å². The summed E-state index contributed by atoms with van der Waals surface area (Å²) in [6.07, 6.45) is 1.49. The molecule has 1 N–H and O–H groups in total. The highest BCUT2D eigenvalue weighted by Crippen LogP contribution is 2.05. The van der Waals surface area contributed by atoms with Crippen LogP contribution in [0.5, 0.6) is 5.75 Å². The van der Waals surface area contributed by atoms with Crippen molar-refractivity contribution < 1.29 is 14.6 Å². The van der Waals surface area contributed by atoms with Gasteiger partial charge >= 0.3 is 6.09 Å². The average Bonchev–Trinajstić information content (AvgIpc) is 2.34. The molecule has 0 aliphatic carbocycles. The third-order valence-corrected chi connectivity index (χ3v) is 0.991. The van der Waals surface area contributed by atoms with E-state index >= 15 is 0 Å². The second-order valence-corrected chi connectivity index (χ2v) is 1.61. The number of nitrogens with zero attached hydrogens (tertiary/aromatic N) is 2. The minimum atomic E-state index is -1.12. The third-order valence-electron chi connectivity index (χ3n) is 0.991. The number of hydrogen-bond donors (Lipinski definition) is 1. The van der Waals surface area contributed by atoms with Gasteiger partial charge in [0, 0.05) is 0 Å². The lowest BCUT2D eigenvalue weighted by Gasteiger charge is -1.88. The summed E-state index contributed by atoms with van der Waals surface area (Å²) in [5.41, 5.74) is 0. The molecule has 0 fully saturated rings. The molecule has 0 spiro atoms. The minimum Gasteiger partial charge on any atom is -0.493 e. The second-order valence-electron chi connectivity index (χ2n) is 1.61. The van der Waals surface area contributed by atoms with Crippen molar-refractivity contribution in [3.63, 3.8) is 0 Å². The molecule has 0 aliphatic rings. The lowest BCUT2D eigenvalue weighted by Crippen LogP contribution is -2.07. The van der Waals surface area contributed by atoms with Crippen LogP contribution in [0.25, 0.3) is 0 Å². The first kappa shape index (κ1) is 6.60. The van der Waals surface area contributed by atoms with E-state index in [1.807, 2.05) is 0 Å². The second kappa shape index (κ2) is 2.38. The summed E-state index contributed by atoms with van der Waals surface area (Å²) in [6, 6.07) is 0. The standard InChI is InChI=1S/C5H6N2O3/c1-10-4-2-6-7(3-4)5(8)9/h2-3H,1H3,(H,8,9). The van der Waals surface area contributed by atoms with Gasteiger partial charge in [0.2, 0.25) is 0 Å². The molecule has 0 amide bonds. The van der Waals surface area contributed by atoms with Crippen molar-refractivity contribution in [1.82, 2.24) is 9.78 Å². The van der Waals surface area contributed by atoms with Gasteiger partial charge < -0.3 is 9.84 Å². The lowest BCUT2D eigenvalue weighted by atomic mass is 10.7. The van der Waals surface area contributed by atoms with Crippen LogP contribution in [0, 0.1) is 0 Å². The Hall–Kier alpha value is -1.52. The maximum absolute atomic E-state index is 10.2. The van der Waals surface area contributed by atoms with E-state index in [0.717, 1.165) is 4.68 Å². The highest BCUT2D eigenvalue weighted by Gasteiger charge is 2.02. The molecular weight excluding hydrogens is 136 g/mol. The number of aromatic nitrogens is 2. The molecule has 5 heteroatoms. The SMILES string of the molecule is COc1cnn(C(=O)O)c1. The van der Waals surface area contributed by atoms with E-state index in [-0.39, 0.29) is 0 Å². The number of ether oxygens (including phenoxy) is 1. The molecule has 0 saturated carbocycles. The predicted molar refractivity (Wildman–Crippen MR) is 32.2 cm³/mol. The normalized spacial score (nSPS) is 9.30. The Morgan fingerprint density at radius 3 is 2.90 bits per heavy atom. The van der Waals surface area contributed by atoms with E-state index in [1.165, 1.54) is 19.5 Å². The number of methoxy groups -OCH3 is 1. The first-order chi connectivity index (χ1) is 4.74. The van der Waals surface area contributed by atoms with Crippen molar-refractivity contribution in [3.8, 4) is 5.75 Å². The van der Waals surface area contributed by atoms with Gasteiger partial charge in [-0.15, -0.1) is 0 Å². The van der Waals surface area contributed by atoms with Crippen molar-refractivity contribution in [2.75, 3.05) is 7.11 Å². The highest BCUT2D eigenvalue weighted by atomic mass is 16.5. The van der Waals surface area contributed by atoms with E-state index in [1.54, 1.807) is 0 Å². The van der Waals surface area contributed by atoms with Gasteiger partial charge in [0.15, 0.2) is 5.75 Å². The fourth-order valence-corrected chi connectivity index (χ4v) is 0.516. The lowest BCUT2D eigenvalue weighted by molar-refractivity contribution is 0.192. The van der Waals surface area contributed by atoms with Crippen molar-refractivity contribution in [1.29, 1.82) is 0 Å². The van der Waals surface area contributed by atoms with Crippen LogP contribution in [-0.4, -0.2) is 28.1 Å². The number of rotatable bonds is 1. The number of carboxylic acid groups (broad SMARTS) is 1. The van der Waals surface area contributed by atoms with Crippen LogP contribution in [0.1, 0.15) is 0 Å². The molecule has 1 heterocycles. The average molecular weight is 142 g/mol. The monoisotopic (exact) mass is 142 g/mol. The molecule has 54 valence electrons. The number of hydrogen-bond acceptors (Lipinski definition) is 3. The summed E-state index contributed by atoms with van der Waals surface area (Å²) in [4.78, 5) is 10.2. The van der Waals surface area contributed by atoms with E-state index in [2.05, 4.69) is 5.10 Å². The van der Waals surface area contributed by atoms with Crippen molar-refractivity contribution >= 4 is 6.09 Å². The number of carbonyl (C=O) groups is 1. The van der Waals surface area contributed by atoms with Gasteiger partial charge in [0.05, 0.1) is 19.5 Å². The topological polar surface area (TPSA) is 64.4 Å². The molecule has 0 unspecified atom stereocenters. The van der Waals surface area contributed by atoms with Crippen LogP contribution >= 0.6 is 0 Å². The third kappa shape index (κ3) is 1.07. The van der Waals surface area contributed by atoms with E-state index in [9.17, 15) is 4.79 Å². The van der Waals surface area contributed by atoms with Crippen molar-refractivity contribution in [2.45, 2.75) is 0 Å². The zero-order valence-corrected chi connectivity index (χ0v) is 5.31. The summed E-state index contributed by atoms with van der Waals surface area (Å²) in [5.74, 6) is 0.433. The first-order valence-electron chi connectivity index (χ1n) is 2.56. The molecule has 1 aromatic heterocycles. The van der Waals surface area contributed by atoms with E-state index in [4.69, 9.17) is 9.84 Å². The Morgan fingerprint density at radius 2 is 2.60 bits per heavy atom. The molecule has 5 nitrogen and oxygen atoms in total. The maximum Gasteiger partial charge on any atom is 0.432 e. The Morgan fingerprint density at radius 1 is 1.90 bits per heavy atom. The fourth-order valence-electron chi connectivity index (χ4n) is 0.516. The smallest absolute Gasteiger partial charge is 0.432 e. The molecule has 0 bridgehead atoms. The molecule has 0 aromatic carbocycles. The largest absolute Gasteiger partial charge is 0.493 e. The molecule has 1 rings (SSSR count). The molecule has 10 heavy (non-hydrogen) atoms. The van der Waals surface area contributed by atoms with Crippen molar-refractivity contribution in [2.24, 2.45) is 0 Å². The van der Waals surface area contributed by atoms with Crippen LogP contribution in [0.2, 0.25) is 0 Å². The van der Waals surface area contributed by atoms with Crippen LogP contribution in [-0.2, 0) is 0 Å². The molecule has 1 aromatic rings. The van der Waals surface area contributed by atoms with Crippen molar-refractivity contribution in [3.05, 3.63) is 12.4 Å². The molecule has 0 aliphatic heterocycles. The quantitative estimate of drug-likeness (QED) is 0.617. The highest BCUT2D eigenvalue weighted by molar-refractivity contribution is 5.66. The van der Waals surface area contributed by atoms with Gasteiger partial charge in [-0.3, -0.25) is 0 Å². The summed E-state index contributed by atoms with van der Waals surface area (Å²) in [7, 11) is 1.45. The molecule has 0 atom stereocenters. The predicted octanol–water partition coefficient (Wildman–Crippen LogP) is 0.418. The Balaban J connectivity index is 2.88. The van der Waals surface area contributed by atoms with Crippen LogP contribution < -0.4 is 4.74 Å². The maximum atomic E-state index is 10.2. The Bertz CT molecular complexity index is 243. The molecule has 0 saturated heterocycles. The Labute approximate surface area is 56.8 Å². The zero-order chi connectivity index (χ0) is 7.56. The molecule has 0 radical (unpaired) electrons. The van der Waals surface area contributed by atoms with Crippen LogP contribution in [0.3, 0.4) is 0 Å². The summed E-state index contributed by atoms with van der Waals surface area (Å²) < 4.78 is 5.47. The van der Waals surface area contributed by atoms with Crippen LogP contribution in [0.4, 0.5) is 4.79 Å². The van der Waals surface area contributed by atoms with Gasteiger partial charge in [-0.05, 0) is 0 Å². The fraction of sp³-hybridized carbons (Fsp3) is 0.200. The van der Waals surface area contributed by atoms with Crippen LogP contribution in [0.15, 0.2) is 12.4 Å². The summed E-state index contributed by atoms with van der Waals surface area (Å²) >= 11 is 0. The summed E-state index contributed by atoms with van der Waals surface area (Å²) in [5, 5.41) is 11.8. The minimum absolute atomic E-state index is 0.433. The molecular formula is C5H6N2O3. The van der Waals surface area contributed by atoms with Gasteiger partial charge in [-0.25, -0.2) is 4.79 Å². The van der Waals surface area contributed by atoms with Gasteiger partial charge in [-0.2, -0.15) is 9.78 Å². The van der Waals surface area contributed by atoms with E-state index in [0.29, 0.717) is 5.75 Å². The first-order valence-corrected chi connectivity index (χ1v) is 2.56. The zero-order valence-electron chi connectivity index (χ0n) is 5.31. The van der Waals surface area contributed by atoms with Gasteiger partial charge in [-0.1, -0.05) is 0 Å². The van der Waals surface area contributed by atoms with E-state index < -0.39 is 6.09 Å². The Kier molecular flexibility index (Phi) is 1.57. The summed E-state index contributed by atoms with van der Waals surface area (Å²) in [6.45, 7) is 0. The van der Waals surface area contributed by atoms with Gasteiger partial charge in [0.25, 0.3) is 0 Å².